The van der Waals surface area contributed by atoms with Crippen LogP contribution >= 0.6 is 11.3 Å². The molecule has 9 heteroatoms. The number of aromatic carboxylic acids is 1. The average Bonchev–Trinajstić information content (AvgIpc) is 2.92. The van der Waals surface area contributed by atoms with Gasteiger partial charge in [-0.3, -0.25) is 10.1 Å². The van der Waals surface area contributed by atoms with Crippen molar-refractivity contribution in [2.75, 3.05) is 5.32 Å². The second-order valence-corrected chi connectivity index (χ2v) is 4.81. The topological polar surface area (TPSA) is 118 Å². The zero-order valence-corrected chi connectivity index (χ0v) is 11.1. The van der Waals surface area contributed by atoms with Crippen molar-refractivity contribution in [2.24, 2.45) is 0 Å². The van der Waals surface area contributed by atoms with Crippen LogP contribution in [0, 0.1) is 10.1 Å². The minimum absolute atomic E-state index is 0.0748. The number of aromatic nitrogens is 2. The number of anilines is 1. The number of carbonyl (C=O) groups is 1. The van der Waals surface area contributed by atoms with E-state index in [1.54, 1.807) is 18.5 Å². The van der Waals surface area contributed by atoms with Crippen LogP contribution in [0.4, 0.5) is 11.5 Å². The Bertz CT molecular complexity index is 644. The minimum atomic E-state index is -1.28. The molecule has 0 aliphatic rings. The van der Waals surface area contributed by atoms with Crippen molar-refractivity contribution >= 4 is 28.8 Å². The molecule has 0 spiro atoms. The molecular formula is C11H10N4O4S. The molecule has 2 aromatic rings. The van der Waals surface area contributed by atoms with Gasteiger partial charge in [0.05, 0.1) is 11.0 Å². The maximum absolute atomic E-state index is 11.1. The monoisotopic (exact) mass is 294 g/mol. The molecule has 2 N–H and O–H groups in total. The summed E-state index contributed by atoms with van der Waals surface area (Å²) in [5.74, 6) is -1.21. The van der Waals surface area contributed by atoms with Gasteiger partial charge in [0.15, 0.2) is 0 Å². The molecule has 8 nitrogen and oxygen atoms in total. The average molecular weight is 294 g/mol. The highest BCUT2D eigenvalue weighted by atomic mass is 32.1. The maximum atomic E-state index is 11.1. The van der Waals surface area contributed by atoms with Crippen LogP contribution in [-0.4, -0.2) is 26.0 Å². The van der Waals surface area contributed by atoms with E-state index in [1.807, 2.05) is 0 Å². The number of rotatable bonds is 5. The Morgan fingerprint density at radius 3 is 2.85 bits per heavy atom. The third-order valence-electron chi connectivity index (χ3n) is 2.49. The number of hydrogen-bond donors (Lipinski definition) is 2. The Morgan fingerprint density at radius 1 is 1.55 bits per heavy atom. The third kappa shape index (κ3) is 2.88. The Kier molecular flexibility index (Phi) is 3.89. The number of hydrogen-bond acceptors (Lipinski definition) is 7. The van der Waals surface area contributed by atoms with E-state index in [0.29, 0.717) is 0 Å². The summed E-state index contributed by atoms with van der Waals surface area (Å²) in [5.41, 5.74) is -0.613. The lowest BCUT2D eigenvalue weighted by Gasteiger charge is -2.13. The van der Waals surface area contributed by atoms with Crippen LogP contribution in [0.2, 0.25) is 0 Å². The molecule has 0 aliphatic carbocycles. The number of nitrogens with zero attached hydrogens (tertiary/aromatic N) is 3. The molecule has 20 heavy (non-hydrogen) atoms. The van der Waals surface area contributed by atoms with Gasteiger partial charge in [-0.05, 0) is 6.92 Å². The van der Waals surface area contributed by atoms with Gasteiger partial charge in [-0.2, -0.15) is 0 Å². The summed E-state index contributed by atoms with van der Waals surface area (Å²) in [4.78, 5) is 29.0. The van der Waals surface area contributed by atoms with E-state index in [0.717, 1.165) is 17.3 Å². The molecule has 0 amide bonds. The molecule has 0 saturated carbocycles. The fourth-order valence-electron chi connectivity index (χ4n) is 1.55. The van der Waals surface area contributed by atoms with Crippen LogP contribution < -0.4 is 5.32 Å². The Hall–Kier alpha value is -2.55. The van der Waals surface area contributed by atoms with E-state index in [1.165, 1.54) is 11.3 Å². The van der Waals surface area contributed by atoms with Gasteiger partial charge in [0.25, 0.3) is 5.69 Å². The lowest BCUT2D eigenvalue weighted by molar-refractivity contribution is -0.385. The van der Waals surface area contributed by atoms with Gasteiger partial charge in [-0.25, -0.2) is 14.8 Å². The van der Waals surface area contributed by atoms with Crippen LogP contribution in [0.1, 0.15) is 28.3 Å². The zero-order chi connectivity index (χ0) is 14.7. The van der Waals surface area contributed by atoms with Crippen molar-refractivity contribution in [3.05, 3.63) is 44.5 Å². The highest BCUT2D eigenvalue weighted by molar-refractivity contribution is 7.09. The predicted molar refractivity (Wildman–Crippen MR) is 72.0 cm³/mol. The van der Waals surface area contributed by atoms with Crippen molar-refractivity contribution in [3.63, 3.8) is 0 Å². The van der Waals surface area contributed by atoms with Gasteiger partial charge in [0.2, 0.25) is 0 Å². The van der Waals surface area contributed by atoms with Gasteiger partial charge in [0, 0.05) is 17.6 Å². The van der Waals surface area contributed by atoms with Crippen molar-refractivity contribution < 1.29 is 14.8 Å². The van der Waals surface area contributed by atoms with Crippen molar-refractivity contribution in [1.82, 2.24) is 9.97 Å². The summed E-state index contributed by atoms with van der Waals surface area (Å²) in [6, 6.07) is 0.730. The molecule has 2 aromatic heterocycles. The lowest BCUT2D eigenvalue weighted by atomic mass is 10.2. The first-order valence-corrected chi connectivity index (χ1v) is 6.40. The molecule has 2 rings (SSSR count). The highest BCUT2D eigenvalue weighted by Crippen LogP contribution is 2.24. The fourth-order valence-corrected chi connectivity index (χ4v) is 2.19. The molecule has 0 bridgehead atoms. The van der Waals surface area contributed by atoms with E-state index in [2.05, 4.69) is 15.3 Å². The summed E-state index contributed by atoms with van der Waals surface area (Å²) in [6.45, 7) is 1.80. The summed E-state index contributed by atoms with van der Waals surface area (Å²) >= 11 is 1.42. The molecule has 0 aromatic carbocycles. The van der Waals surface area contributed by atoms with Crippen molar-refractivity contribution in [2.45, 2.75) is 13.0 Å². The molecule has 0 radical (unpaired) electrons. The summed E-state index contributed by atoms with van der Waals surface area (Å²) < 4.78 is 0. The summed E-state index contributed by atoms with van der Waals surface area (Å²) in [7, 11) is 0. The van der Waals surface area contributed by atoms with Gasteiger partial charge in [-0.1, -0.05) is 0 Å². The second kappa shape index (κ2) is 5.61. The predicted octanol–water partition coefficient (Wildman–Crippen LogP) is 2.32. The van der Waals surface area contributed by atoms with Crippen LogP contribution in [0.5, 0.6) is 0 Å². The first-order chi connectivity index (χ1) is 9.49. The van der Waals surface area contributed by atoms with Crippen molar-refractivity contribution in [1.29, 1.82) is 0 Å². The smallest absolute Gasteiger partial charge is 0.339 e. The van der Waals surface area contributed by atoms with Gasteiger partial charge in [-0.15, -0.1) is 11.3 Å². The number of nitrogens with one attached hydrogen (secondary N) is 1. The van der Waals surface area contributed by atoms with Crippen LogP contribution in [0.15, 0.2) is 23.8 Å². The largest absolute Gasteiger partial charge is 0.478 e. The Morgan fingerprint density at radius 2 is 2.30 bits per heavy atom. The summed E-state index contributed by atoms with van der Waals surface area (Å²) in [5, 5.41) is 25.2. The molecule has 1 unspecified atom stereocenters. The van der Waals surface area contributed by atoms with Gasteiger partial charge in [0.1, 0.15) is 22.6 Å². The standard InChI is InChI=1S/C11H10N4O4S/c1-6(10-12-2-3-20-10)14-9-8(11(16)17)4-7(5-13-9)15(18)19/h2-6H,1H3,(H,13,14)(H,16,17). The van der Waals surface area contributed by atoms with E-state index < -0.39 is 10.9 Å². The molecular weight excluding hydrogens is 284 g/mol. The summed E-state index contributed by atoms with van der Waals surface area (Å²) in [6.07, 6.45) is 2.66. The van der Waals surface area contributed by atoms with Gasteiger partial charge >= 0.3 is 5.97 Å². The van der Waals surface area contributed by atoms with Crippen molar-refractivity contribution in [3.8, 4) is 0 Å². The molecule has 0 fully saturated rings. The Balaban J connectivity index is 2.31. The normalized spacial score (nSPS) is 11.8. The molecule has 2 heterocycles. The highest BCUT2D eigenvalue weighted by Gasteiger charge is 2.19. The number of carboxylic acids is 1. The van der Waals surface area contributed by atoms with Crippen LogP contribution in [0.3, 0.4) is 0 Å². The van der Waals surface area contributed by atoms with E-state index in [-0.39, 0.29) is 23.1 Å². The lowest BCUT2D eigenvalue weighted by Crippen LogP contribution is -2.12. The number of carboxylic acid groups (broad SMARTS) is 1. The number of nitro groups is 1. The number of pyridine rings is 1. The Labute approximate surface area is 117 Å². The quantitative estimate of drug-likeness (QED) is 0.641. The second-order valence-electron chi connectivity index (χ2n) is 3.89. The van der Waals surface area contributed by atoms with E-state index >= 15 is 0 Å². The fraction of sp³-hybridized carbons (Fsp3) is 0.182. The molecule has 0 saturated heterocycles. The van der Waals surface area contributed by atoms with Gasteiger partial charge < -0.3 is 10.4 Å². The molecule has 104 valence electrons. The van der Waals surface area contributed by atoms with Crippen LogP contribution in [-0.2, 0) is 0 Å². The van der Waals surface area contributed by atoms with E-state index in [4.69, 9.17) is 5.11 Å². The minimum Gasteiger partial charge on any atom is -0.478 e. The molecule has 1 atom stereocenters. The van der Waals surface area contributed by atoms with Crippen LogP contribution in [0.25, 0.3) is 0 Å². The number of thiazole rings is 1. The first-order valence-electron chi connectivity index (χ1n) is 5.52. The van der Waals surface area contributed by atoms with E-state index in [9.17, 15) is 14.9 Å². The molecule has 0 aliphatic heterocycles. The first kappa shape index (κ1) is 13.9. The third-order valence-corrected chi connectivity index (χ3v) is 3.45. The SMILES string of the molecule is CC(Nc1ncc([N+](=O)[O-])cc1C(=O)O)c1nccs1. The maximum Gasteiger partial charge on any atom is 0.339 e. The zero-order valence-electron chi connectivity index (χ0n) is 10.3.